The second-order valence-electron chi connectivity index (χ2n) is 4.97. The summed E-state index contributed by atoms with van der Waals surface area (Å²) in [7, 11) is 0. The van der Waals surface area contributed by atoms with E-state index in [0.29, 0.717) is 17.4 Å². The maximum atomic E-state index is 10.9. The molecule has 0 radical (unpaired) electrons. The highest BCUT2D eigenvalue weighted by atomic mass is 16.4. The number of benzene rings is 1. The summed E-state index contributed by atoms with van der Waals surface area (Å²) in [5.74, 6) is 0.137. The average Bonchev–Trinajstić information content (AvgIpc) is 2.15. The number of rotatable bonds is 4. The van der Waals surface area contributed by atoms with E-state index >= 15 is 0 Å². The lowest BCUT2D eigenvalue weighted by molar-refractivity contribution is 0.0696. The fraction of sp³-hybridized carbons (Fsp3) is 0.500. The average molecular weight is 220 g/mol. The van der Waals surface area contributed by atoms with Crippen LogP contribution in [0, 0.1) is 5.92 Å². The Labute approximate surface area is 97.3 Å². The zero-order chi connectivity index (χ0) is 12.3. The Hall–Kier alpha value is -1.31. The summed E-state index contributed by atoms with van der Waals surface area (Å²) in [4.78, 5) is 10.9. The first kappa shape index (κ1) is 12.8. The maximum Gasteiger partial charge on any atom is 0.335 e. The van der Waals surface area contributed by atoms with Crippen LogP contribution in [0.1, 0.15) is 55.1 Å². The van der Waals surface area contributed by atoms with Crippen molar-refractivity contribution < 1.29 is 9.90 Å². The molecule has 2 heteroatoms. The second kappa shape index (κ2) is 5.15. The number of aromatic carboxylic acids is 1. The van der Waals surface area contributed by atoms with Crippen molar-refractivity contribution in [1.29, 1.82) is 0 Å². The summed E-state index contributed by atoms with van der Waals surface area (Å²) in [6.45, 7) is 8.58. The molecule has 16 heavy (non-hydrogen) atoms. The molecule has 88 valence electrons. The smallest absolute Gasteiger partial charge is 0.335 e. The van der Waals surface area contributed by atoms with Gasteiger partial charge in [-0.15, -0.1) is 0 Å². The van der Waals surface area contributed by atoms with Crippen molar-refractivity contribution >= 4 is 5.97 Å². The summed E-state index contributed by atoms with van der Waals surface area (Å²) in [6, 6.07) is 5.46. The van der Waals surface area contributed by atoms with Gasteiger partial charge in [-0.05, 0) is 41.5 Å². The van der Waals surface area contributed by atoms with Crippen LogP contribution >= 0.6 is 0 Å². The van der Waals surface area contributed by atoms with Crippen LogP contribution in [0.25, 0.3) is 0 Å². The van der Waals surface area contributed by atoms with Crippen LogP contribution in [0.5, 0.6) is 0 Å². The van der Waals surface area contributed by atoms with Gasteiger partial charge in [0.05, 0.1) is 5.56 Å². The monoisotopic (exact) mass is 220 g/mol. The molecule has 2 nitrogen and oxygen atoms in total. The van der Waals surface area contributed by atoms with E-state index < -0.39 is 5.97 Å². The van der Waals surface area contributed by atoms with E-state index in [1.165, 1.54) is 11.1 Å². The minimum atomic E-state index is -0.847. The molecule has 0 aliphatic rings. The number of hydrogen-bond acceptors (Lipinski definition) is 1. The van der Waals surface area contributed by atoms with E-state index in [1.807, 2.05) is 12.1 Å². The molecule has 0 fully saturated rings. The predicted molar refractivity (Wildman–Crippen MR) is 66.0 cm³/mol. The van der Waals surface area contributed by atoms with Gasteiger partial charge >= 0.3 is 5.97 Å². The highest BCUT2D eigenvalue weighted by molar-refractivity contribution is 5.87. The van der Waals surface area contributed by atoms with Gasteiger partial charge in [0.2, 0.25) is 0 Å². The molecule has 1 N–H and O–H groups in total. The van der Waals surface area contributed by atoms with Crippen LogP contribution < -0.4 is 0 Å². The van der Waals surface area contributed by atoms with Gasteiger partial charge in [-0.2, -0.15) is 0 Å². The van der Waals surface area contributed by atoms with Gasteiger partial charge in [-0.25, -0.2) is 4.79 Å². The topological polar surface area (TPSA) is 37.3 Å². The van der Waals surface area contributed by atoms with Crippen molar-refractivity contribution in [3.05, 3.63) is 34.9 Å². The lowest BCUT2D eigenvalue weighted by Gasteiger charge is -2.15. The molecule has 0 aliphatic heterocycles. The molecule has 1 aromatic rings. The van der Waals surface area contributed by atoms with Crippen molar-refractivity contribution in [2.75, 3.05) is 0 Å². The first-order valence-electron chi connectivity index (χ1n) is 5.78. The maximum absolute atomic E-state index is 10.9. The Kier molecular flexibility index (Phi) is 4.11. The molecule has 0 saturated carbocycles. The fourth-order valence-electron chi connectivity index (χ4n) is 1.92. The van der Waals surface area contributed by atoms with Gasteiger partial charge in [0, 0.05) is 0 Å². The Morgan fingerprint density at radius 2 is 1.88 bits per heavy atom. The van der Waals surface area contributed by atoms with Gasteiger partial charge in [-0.3, -0.25) is 0 Å². The third-order valence-electron chi connectivity index (χ3n) is 2.64. The van der Waals surface area contributed by atoms with E-state index in [1.54, 1.807) is 6.07 Å². The van der Waals surface area contributed by atoms with E-state index in [0.717, 1.165) is 6.42 Å². The molecule has 0 spiro atoms. The number of carboxylic acids is 1. The Morgan fingerprint density at radius 3 is 2.31 bits per heavy atom. The minimum absolute atomic E-state index is 0.389. The Bertz CT molecular complexity index is 378. The third kappa shape index (κ3) is 3.09. The van der Waals surface area contributed by atoms with Crippen LogP contribution in [0.3, 0.4) is 0 Å². The molecule has 0 heterocycles. The zero-order valence-corrected chi connectivity index (χ0v) is 10.4. The van der Waals surface area contributed by atoms with E-state index in [-0.39, 0.29) is 0 Å². The largest absolute Gasteiger partial charge is 0.478 e. The molecule has 0 unspecified atom stereocenters. The SMILES string of the molecule is CC(C)Cc1cc(C(=O)O)ccc1C(C)C. The van der Waals surface area contributed by atoms with Crippen molar-refractivity contribution in [3.63, 3.8) is 0 Å². The normalized spacial score (nSPS) is 11.1. The van der Waals surface area contributed by atoms with E-state index in [9.17, 15) is 4.79 Å². The number of hydrogen-bond donors (Lipinski definition) is 1. The lowest BCUT2D eigenvalue weighted by Crippen LogP contribution is -2.05. The highest BCUT2D eigenvalue weighted by Crippen LogP contribution is 2.23. The first-order chi connectivity index (χ1) is 7.41. The Morgan fingerprint density at radius 1 is 1.25 bits per heavy atom. The van der Waals surface area contributed by atoms with Crippen molar-refractivity contribution in [2.45, 2.75) is 40.0 Å². The quantitative estimate of drug-likeness (QED) is 0.840. The van der Waals surface area contributed by atoms with Gasteiger partial charge in [0.1, 0.15) is 0 Å². The van der Waals surface area contributed by atoms with Crippen molar-refractivity contribution in [1.82, 2.24) is 0 Å². The summed E-state index contributed by atoms with van der Waals surface area (Å²) in [5, 5.41) is 8.97. The minimum Gasteiger partial charge on any atom is -0.478 e. The first-order valence-corrected chi connectivity index (χ1v) is 5.78. The molecule has 1 rings (SSSR count). The highest BCUT2D eigenvalue weighted by Gasteiger charge is 2.11. The second-order valence-corrected chi connectivity index (χ2v) is 4.97. The number of carboxylic acid groups (broad SMARTS) is 1. The molecular formula is C14H20O2. The summed E-state index contributed by atoms with van der Waals surface area (Å²) in [5.41, 5.74) is 2.82. The van der Waals surface area contributed by atoms with Crippen LogP contribution in [-0.2, 0) is 6.42 Å². The van der Waals surface area contributed by atoms with E-state index in [4.69, 9.17) is 5.11 Å². The van der Waals surface area contributed by atoms with Crippen molar-refractivity contribution in [2.24, 2.45) is 5.92 Å². The van der Waals surface area contributed by atoms with Gasteiger partial charge in [-0.1, -0.05) is 33.8 Å². The lowest BCUT2D eigenvalue weighted by atomic mass is 9.90. The molecule has 1 aromatic carbocycles. The van der Waals surface area contributed by atoms with Crippen LogP contribution in [-0.4, -0.2) is 11.1 Å². The third-order valence-corrected chi connectivity index (χ3v) is 2.64. The zero-order valence-electron chi connectivity index (χ0n) is 10.4. The van der Waals surface area contributed by atoms with Crippen molar-refractivity contribution in [3.8, 4) is 0 Å². The molecular weight excluding hydrogens is 200 g/mol. The molecule has 0 aliphatic carbocycles. The summed E-state index contributed by atoms with van der Waals surface area (Å²) in [6.07, 6.45) is 0.939. The molecule has 0 saturated heterocycles. The van der Waals surface area contributed by atoms with Crippen LogP contribution in [0.4, 0.5) is 0 Å². The number of carbonyl (C=O) groups is 1. The Balaban J connectivity index is 3.15. The van der Waals surface area contributed by atoms with Crippen LogP contribution in [0.2, 0.25) is 0 Å². The van der Waals surface area contributed by atoms with Gasteiger partial charge in [0.25, 0.3) is 0 Å². The van der Waals surface area contributed by atoms with Crippen LogP contribution in [0.15, 0.2) is 18.2 Å². The standard InChI is InChI=1S/C14H20O2/c1-9(2)7-12-8-11(14(15)16)5-6-13(12)10(3)4/h5-6,8-10H,7H2,1-4H3,(H,15,16). The predicted octanol–water partition coefficient (Wildman–Crippen LogP) is 3.71. The molecule has 0 atom stereocenters. The summed E-state index contributed by atoms with van der Waals surface area (Å²) < 4.78 is 0. The van der Waals surface area contributed by atoms with Gasteiger partial charge < -0.3 is 5.11 Å². The summed E-state index contributed by atoms with van der Waals surface area (Å²) >= 11 is 0. The molecule has 0 aromatic heterocycles. The van der Waals surface area contributed by atoms with E-state index in [2.05, 4.69) is 27.7 Å². The molecule has 0 bridgehead atoms. The molecule has 0 amide bonds. The van der Waals surface area contributed by atoms with Gasteiger partial charge in [0.15, 0.2) is 0 Å². The fourth-order valence-corrected chi connectivity index (χ4v) is 1.92.